The molecule has 0 amide bonds. The van der Waals surface area contributed by atoms with E-state index in [9.17, 15) is 0 Å². The molecule has 0 bridgehead atoms. The molecule has 2 rings (SSSR count). The summed E-state index contributed by atoms with van der Waals surface area (Å²) in [5.41, 5.74) is 7.56. The van der Waals surface area contributed by atoms with E-state index >= 15 is 0 Å². The molecular weight excluding hydrogens is 263 g/mol. The van der Waals surface area contributed by atoms with Gasteiger partial charge in [0, 0.05) is 20.8 Å². The van der Waals surface area contributed by atoms with E-state index in [1.165, 1.54) is 0 Å². The van der Waals surface area contributed by atoms with E-state index < -0.39 is 0 Å². The molecule has 0 aliphatic heterocycles. The van der Waals surface area contributed by atoms with Gasteiger partial charge in [-0.3, -0.25) is 4.98 Å². The van der Waals surface area contributed by atoms with E-state index in [0.717, 1.165) is 20.2 Å². The summed E-state index contributed by atoms with van der Waals surface area (Å²) in [6.45, 7) is 0. The molecule has 0 spiro atoms. The molecule has 12 heavy (non-hydrogen) atoms. The summed E-state index contributed by atoms with van der Waals surface area (Å²) in [7, 11) is 0. The summed E-state index contributed by atoms with van der Waals surface area (Å²) in [5.74, 6) is 0. The van der Waals surface area contributed by atoms with Gasteiger partial charge >= 0.3 is 0 Å². The van der Waals surface area contributed by atoms with Gasteiger partial charge in [-0.1, -0.05) is 12.1 Å². The average Bonchev–Trinajstić information content (AvgIpc) is 2.07. The number of pyridine rings is 1. The van der Waals surface area contributed by atoms with Gasteiger partial charge in [0.1, 0.15) is 0 Å². The molecule has 3 heteroatoms. The number of nitrogen functional groups attached to an aromatic ring is 1. The molecule has 0 aliphatic carbocycles. The van der Waals surface area contributed by atoms with Crippen molar-refractivity contribution >= 4 is 39.2 Å². The van der Waals surface area contributed by atoms with Crippen molar-refractivity contribution in [2.24, 2.45) is 0 Å². The van der Waals surface area contributed by atoms with E-state index in [1.807, 2.05) is 24.3 Å². The molecule has 0 unspecified atom stereocenters. The maximum atomic E-state index is 5.78. The molecule has 2 aromatic rings. The first kappa shape index (κ1) is 7.79. The Labute approximate surface area is 83.9 Å². The van der Waals surface area contributed by atoms with Gasteiger partial charge in [-0.2, -0.15) is 0 Å². The Bertz CT molecular complexity index is 385. The molecule has 0 saturated carbocycles. The predicted octanol–water partition coefficient (Wildman–Crippen LogP) is 2.42. The van der Waals surface area contributed by atoms with E-state index in [4.69, 9.17) is 5.73 Å². The minimum absolute atomic E-state index is 0.790. The highest BCUT2D eigenvalue weighted by atomic mass is 127. The molecule has 60 valence electrons. The number of nitrogens with zero attached hydrogens (tertiary/aromatic N) is 1. The third kappa shape index (κ3) is 1.14. The quantitative estimate of drug-likeness (QED) is 0.747. The summed E-state index contributed by atoms with van der Waals surface area (Å²) in [6, 6.07) is 7.82. The first-order valence-electron chi connectivity index (χ1n) is 3.58. The number of hydrogen-bond acceptors (Lipinski definition) is 2. The Kier molecular flexibility index (Phi) is 1.88. The van der Waals surface area contributed by atoms with Gasteiger partial charge in [-0.15, -0.1) is 0 Å². The number of aromatic nitrogens is 1. The molecule has 0 aliphatic rings. The third-order valence-corrected chi connectivity index (χ3v) is 2.63. The smallest absolute Gasteiger partial charge is 0.0855 e. The van der Waals surface area contributed by atoms with Crippen LogP contribution >= 0.6 is 22.6 Å². The minimum atomic E-state index is 0.790. The number of anilines is 1. The summed E-state index contributed by atoms with van der Waals surface area (Å²) in [5, 5.41) is 1.03. The second-order valence-electron chi connectivity index (χ2n) is 2.54. The summed E-state index contributed by atoms with van der Waals surface area (Å²) in [6.07, 6.45) is 1.74. The highest BCUT2D eigenvalue weighted by Gasteiger charge is 2.00. The van der Waals surface area contributed by atoms with Crippen molar-refractivity contribution < 1.29 is 0 Å². The van der Waals surface area contributed by atoms with Crippen molar-refractivity contribution in [1.82, 2.24) is 4.98 Å². The number of hydrogen-bond donors (Lipinski definition) is 1. The highest BCUT2D eigenvalue weighted by molar-refractivity contribution is 14.1. The largest absolute Gasteiger partial charge is 0.398 e. The fourth-order valence-corrected chi connectivity index (χ4v) is 1.80. The number of nitrogens with two attached hydrogens (primary N) is 1. The number of benzene rings is 1. The van der Waals surface area contributed by atoms with Crippen LogP contribution in [0.5, 0.6) is 0 Å². The summed E-state index contributed by atoms with van der Waals surface area (Å²) < 4.78 is 1.14. The lowest BCUT2D eigenvalue weighted by atomic mass is 10.2. The lowest BCUT2D eigenvalue weighted by Gasteiger charge is -2.01. The molecule has 0 radical (unpaired) electrons. The lowest BCUT2D eigenvalue weighted by molar-refractivity contribution is 1.40. The molecule has 0 fully saturated rings. The van der Waals surface area contributed by atoms with E-state index in [-0.39, 0.29) is 0 Å². The number of para-hydroxylation sites is 1. The monoisotopic (exact) mass is 270 g/mol. The van der Waals surface area contributed by atoms with Crippen LogP contribution in [0.1, 0.15) is 0 Å². The lowest BCUT2D eigenvalue weighted by Crippen LogP contribution is -1.89. The molecule has 2 N–H and O–H groups in total. The van der Waals surface area contributed by atoms with Crippen LogP contribution in [0.2, 0.25) is 0 Å². The Hall–Kier alpha value is -0.840. The zero-order valence-corrected chi connectivity index (χ0v) is 8.45. The van der Waals surface area contributed by atoms with Gasteiger partial charge in [0.25, 0.3) is 0 Å². The number of fused-ring (bicyclic) bond motifs is 1. The second-order valence-corrected chi connectivity index (χ2v) is 3.70. The summed E-state index contributed by atoms with van der Waals surface area (Å²) in [4.78, 5) is 4.25. The van der Waals surface area contributed by atoms with Crippen molar-refractivity contribution in [3.05, 3.63) is 34.0 Å². The maximum Gasteiger partial charge on any atom is 0.0855 e. The topological polar surface area (TPSA) is 38.9 Å². The van der Waals surface area contributed by atoms with Gasteiger partial charge in [0.15, 0.2) is 0 Å². The predicted molar refractivity (Wildman–Crippen MR) is 58.9 cm³/mol. The van der Waals surface area contributed by atoms with Gasteiger partial charge in [0.2, 0.25) is 0 Å². The van der Waals surface area contributed by atoms with Crippen LogP contribution in [0, 0.1) is 3.57 Å². The molecule has 0 atom stereocenters. The van der Waals surface area contributed by atoms with Gasteiger partial charge < -0.3 is 5.73 Å². The minimum Gasteiger partial charge on any atom is -0.398 e. The molecule has 2 nitrogen and oxygen atoms in total. The van der Waals surface area contributed by atoms with Crippen molar-refractivity contribution in [2.75, 3.05) is 5.73 Å². The zero-order chi connectivity index (χ0) is 8.55. The van der Waals surface area contributed by atoms with Crippen molar-refractivity contribution in [3.63, 3.8) is 0 Å². The van der Waals surface area contributed by atoms with E-state index in [0.29, 0.717) is 0 Å². The van der Waals surface area contributed by atoms with Gasteiger partial charge in [-0.05, 0) is 34.7 Å². The van der Waals surface area contributed by atoms with Crippen LogP contribution in [0.3, 0.4) is 0 Å². The van der Waals surface area contributed by atoms with Crippen LogP contribution in [-0.4, -0.2) is 4.98 Å². The summed E-state index contributed by atoms with van der Waals surface area (Å²) >= 11 is 2.26. The number of halogens is 1. The Balaban J connectivity index is 2.94. The Morgan fingerprint density at radius 3 is 2.83 bits per heavy atom. The Morgan fingerprint density at radius 1 is 1.25 bits per heavy atom. The first-order chi connectivity index (χ1) is 5.79. The van der Waals surface area contributed by atoms with Crippen molar-refractivity contribution in [3.8, 4) is 0 Å². The average molecular weight is 270 g/mol. The zero-order valence-electron chi connectivity index (χ0n) is 6.29. The molecule has 0 saturated heterocycles. The first-order valence-corrected chi connectivity index (χ1v) is 4.65. The van der Waals surface area contributed by atoms with Crippen LogP contribution in [0.4, 0.5) is 5.69 Å². The fourth-order valence-electron chi connectivity index (χ4n) is 1.16. The van der Waals surface area contributed by atoms with Crippen LogP contribution in [0.15, 0.2) is 30.5 Å². The van der Waals surface area contributed by atoms with Crippen molar-refractivity contribution in [2.45, 2.75) is 0 Å². The maximum absolute atomic E-state index is 5.78. The third-order valence-electron chi connectivity index (χ3n) is 1.76. The molecule has 1 aromatic heterocycles. The number of rotatable bonds is 0. The standard InChI is InChI=1S/C9H7IN2/c10-7-3-1-2-6-8(11)4-5-12-9(6)7/h1-5H,(H2,11,12). The fraction of sp³-hybridized carbons (Fsp3) is 0. The van der Waals surface area contributed by atoms with E-state index in [2.05, 4.69) is 27.6 Å². The Morgan fingerprint density at radius 2 is 2.08 bits per heavy atom. The van der Waals surface area contributed by atoms with Crippen LogP contribution in [-0.2, 0) is 0 Å². The van der Waals surface area contributed by atoms with Crippen LogP contribution in [0.25, 0.3) is 10.9 Å². The van der Waals surface area contributed by atoms with Gasteiger partial charge in [0.05, 0.1) is 5.52 Å². The van der Waals surface area contributed by atoms with Crippen LogP contribution < -0.4 is 5.73 Å². The molecular formula is C9H7IN2. The molecule has 1 heterocycles. The van der Waals surface area contributed by atoms with Crippen molar-refractivity contribution in [1.29, 1.82) is 0 Å². The molecule has 1 aromatic carbocycles. The van der Waals surface area contributed by atoms with Gasteiger partial charge in [-0.25, -0.2) is 0 Å². The highest BCUT2D eigenvalue weighted by Crippen LogP contribution is 2.22. The SMILES string of the molecule is Nc1ccnc2c(I)cccc12. The van der Waals surface area contributed by atoms with E-state index in [1.54, 1.807) is 6.20 Å². The normalized spacial score (nSPS) is 10.4. The second kappa shape index (κ2) is 2.90.